The average molecular weight is 439 g/mol. The van der Waals surface area contributed by atoms with E-state index in [4.69, 9.17) is 9.47 Å². The highest BCUT2D eigenvalue weighted by Gasteiger charge is 2.57. The van der Waals surface area contributed by atoms with Crippen molar-refractivity contribution in [2.24, 2.45) is 0 Å². The van der Waals surface area contributed by atoms with E-state index in [1.54, 1.807) is 0 Å². The molecular weight excluding hydrogens is 412 g/mol. The predicted molar refractivity (Wildman–Crippen MR) is 126 cm³/mol. The predicted octanol–water partition coefficient (Wildman–Crippen LogP) is 4.60. The Balaban J connectivity index is 1.70. The van der Waals surface area contributed by atoms with Gasteiger partial charge >= 0.3 is 0 Å². The molecule has 166 valence electrons. The molecule has 4 aromatic rings. The third-order valence-electron chi connectivity index (χ3n) is 6.45. The first-order valence-electron chi connectivity index (χ1n) is 11.0. The fraction of sp³-hybridized carbons (Fsp3) is 0.172. The zero-order chi connectivity index (χ0) is 22.7. The van der Waals surface area contributed by atoms with Gasteiger partial charge in [0, 0.05) is 0 Å². The van der Waals surface area contributed by atoms with Crippen LogP contribution in [0.4, 0.5) is 0 Å². The standard InChI is InChI=1S/C29H26O4/c30-28(22-13-5-1-6-14-22,23-15-7-2-8-16-23)26-27(33-21-32-26)29(31,24-17-9-3-10-18-24)25-19-11-4-12-20-25/h1-20,26-27,30-31H,21H2. The van der Waals surface area contributed by atoms with Crippen molar-refractivity contribution in [3.05, 3.63) is 144 Å². The Morgan fingerprint density at radius 2 is 0.697 bits per heavy atom. The van der Waals surface area contributed by atoms with Crippen molar-refractivity contribution in [2.45, 2.75) is 23.4 Å². The maximum atomic E-state index is 12.4. The first-order chi connectivity index (χ1) is 16.1. The van der Waals surface area contributed by atoms with E-state index in [-0.39, 0.29) is 6.79 Å². The largest absolute Gasteiger partial charge is 0.378 e. The minimum Gasteiger partial charge on any atom is -0.378 e. The molecule has 2 unspecified atom stereocenters. The number of rotatable bonds is 6. The van der Waals surface area contributed by atoms with Gasteiger partial charge in [-0.1, -0.05) is 121 Å². The van der Waals surface area contributed by atoms with Crippen molar-refractivity contribution < 1.29 is 19.7 Å². The van der Waals surface area contributed by atoms with E-state index in [9.17, 15) is 10.2 Å². The van der Waals surface area contributed by atoms with Crippen LogP contribution in [0.1, 0.15) is 22.3 Å². The molecule has 0 saturated carbocycles. The molecule has 33 heavy (non-hydrogen) atoms. The molecule has 4 nitrogen and oxygen atoms in total. The summed E-state index contributed by atoms with van der Waals surface area (Å²) < 4.78 is 12.2. The smallest absolute Gasteiger partial charge is 0.148 e. The van der Waals surface area contributed by atoms with E-state index in [1.807, 2.05) is 121 Å². The monoisotopic (exact) mass is 438 g/mol. The molecule has 1 saturated heterocycles. The lowest BCUT2D eigenvalue weighted by atomic mass is 9.72. The molecular formula is C29H26O4. The van der Waals surface area contributed by atoms with Gasteiger partial charge in [0.15, 0.2) is 0 Å². The van der Waals surface area contributed by atoms with Crippen LogP contribution in [0.15, 0.2) is 121 Å². The molecule has 0 aliphatic carbocycles. The quantitative estimate of drug-likeness (QED) is 0.462. The fourth-order valence-electron chi connectivity index (χ4n) is 4.80. The Labute approximate surface area is 193 Å². The van der Waals surface area contributed by atoms with Gasteiger partial charge in [-0.05, 0) is 22.3 Å². The second kappa shape index (κ2) is 8.93. The van der Waals surface area contributed by atoms with E-state index in [0.717, 1.165) is 0 Å². The van der Waals surface area contributed by atoms with E-state index in [2.05, 4.69) is 0 Å². The lowest BCUT2D eigenvalue weighted by Crippen LogP contribution is -2.54. The molecule has 0 radical (unpaired) electrons. The first kappa shape index (κ1) is 21.6. The Morgan fingerprint density at radius 3 is 0.939 bits per heavy atom. The highest BCUT2D eigenvalue weighted by molar-refractivity contribution is 5.43. The number of hydrogen-bond donors (Lipinski definition) is 2. The molecule has 0 aromatic heterocycles. The summed E-state index contributed by atoms with van der Waals surface area (Å²) in [6.45, 7) is -0.0424. The SMILES string of the molecule is OC(c1ccccc1)(c1ccccc1)C1OCOC1C(O)(c1ccccc1)c1ccccc1. The molecule has 1 heterocycles. The molecule has 2 N–H and O–H groups in total. The van der Waals surface area contributed by atoms with Gasteiger partial charge in [-0.25, -0.2) is 0 Å². The number of benzene rings is 4. The summed E-state index contributed by atoms with van der Waals surface area (Å²) in [5.74, 6) is 0. The fourth-order valence-corrected chi connectivity index (χ4v) is 4.80. The molecule has 4 heteroatoms. The molecule has 1 fully saturated rings. The van der Waals surface area contributed by atoms with Gasteiger partial charge in [0.05, 0.1) is 0 Å². The molecule has 2 atom stereocenters. The van der Waals surface area contributed by atoms with Crippen molar-refractivity contribution in [1.29, 1.82) is 0 Å². The van der Waals surface area contributed by atoms with Gasteiger partial charge in [-0.3, -0.25) is 0 Å². The average Bonchev–Trinajstić information content (AvgIpc) is 3.41. The lowest BCUT2D eigenvalue weighted by molar-refractivity contribution is -0.110. The van der Waals surface area contributed by atoms with Crippen LogP contribution in [0.25, 0.3) is 0 Å². The van der Waals surface area contributed by atoms with Crippen LogP contribution in [-0.4, -0.2) is 29.2 Å². The number of aliphatic hydroxyl groups is 2. The summed E-state index contributed by atoms with van der Waals surface area (Å²) in [5.41, 5.74) is -0.441. The van der Waals surface area contributed by atoms with E-state index >= 15 is 0 Å². The van der Waals surface area contributed by atoms with Crippen molar-refractivity contribution in [1.82, 2.24) is 0 Å². The van der Waals surface area contributed by atoms with E-state index in [1.165, 1.54) is 0 Å². The Bertz CT molecular complexity index is 989. The van der Waals surface area contributed by atoms with Gasteiger partial charge in [0.25, 0.3) is 0 Å². The Kier molecular flexibility index (Phi) is 5.83. The highest BCUT2D eigenvalue weighted by Crippen LogP contribution is 2.46. The van der Waals surface area contributed by atoms with Gasteiger partial charge < -0.3 is 19.7 Å². The topological polar surface area (TPSA) is 58.9 Å². The minimum atomic E-state index is -1.55. The van der Waals surface area contributed by atoms with Crippen LogP contribution < -0.4 is 0 Å². The second-order valence-corrected chi connectivity index (χ2v) is 8.29. The van der Waals surface area contributed by atoms with Crippen LogP contribution in [0.2, 0.25) is 0 Å². The second-order valence-electron chi connectivity index (χ2n) is 8.29. The molecule has 4 aromatic carbocycles. The van der Waals surface area contributed by atoms with Crippen LogP contribution in [0.5, 0.6) is 0 Å². The number of hydrogen-bond acceptors (Lipinski definition) is 4. The molecule has 1 aliphatic heterocycles. The first-order valence-corrected chi connectivity index (χ1v) is 11.0. The van der Waals surface area contributed by atoms with Crippen molar-refractivity contribution in [3.8, 4) is 0 Å². The zero-order valence-corrected chi connectivity index (χ0v) is 18.1. The molecule has 5 rings (SSSR count). The van der Waals surface area contributed by atoms with Crippen LogP contribution in [0, 0.1) is 0 Å². The van der Waals surface area contributed by atoms with Gasteiger partial charge in [0.1, 0.15) is 30.2 Å². The molecule has 0 amide bonds. The van der Waals surface area contributed by atoms with E-state index in [0.29, 0.717) is 22.3 Å². The maximum Gasteiger partial charge on any atom is 0.148 e. The highest BCUT2D eigenvalue weighted by atomic mass is 16.7. The third kappa shape index (κ3) is 3.67. The zero-order valence-electron chi connectivity index (χ0n) is 18.1. The third-order valence-corrected chi connectivity index (χ3v) is 6.45. The minimum absolute atomic E-state index is 0.0424. The van der Waals surface area contributed by atoms with Gasteiger partial charge in [-0.15, -0.1) is 0 Å². The van der Waals surface area contributed by atoms with Crippen LogP contribution >= 0.6 is 0 Å². The van der Waals surface area contributed by atoms with Gasteiger partial charge in [-0.2, -0.15) is 0 Å². The van der Waals surface area contributed by atoms with E-state index < -0.39 is 23.4 Å². The lowest BCUT2D eigenvalue weighted by Gasteiger charge is -2.42. The summed E-state index contributed by atoms with van der Waals surface area (Å²) in [5, 5.41) is 24.7. The Morgan fingerprint density at radius 1 is 0.455 bits per heavy atom. The van der Waals surface area contributed by atoms with Crippen molar-refractivity contribution in [2.75, 3.05) is 6.79 Å². The van der Waals surface area contributed by atoms with Crippen LogP contribution in [-0.2, 0) is 20.7 Å². The summed E-state index contributed by atoms with van der Waals surface area (Å²) in [6, 6.07) is 37.7. The molecule has 1 aliphatic rings. The summed E-state index contributed by atoms with van der Waals surface area (Å²) >= 11 is 0. The van der Waals surface area contributed by atoms with Gasteiger partial charge in [0.2, 0.25) is 0 Å². The van der Waals surface area contributed by atoms with Crippen molar-refractivity contribution >= 4 is 0 Å². The number of ether oxygens (including phenoxy) is 2. The summed E-state index contributed by atoms with van der Waals surface area (Å²) in [7, 11) is 0. The summed E-state index contributed by atoms with van der Waals surface area (Å²) in [4.78, 5) is 0. The normalized spacial score (nSPS) is 18.8. The van der Waals surface area contributed by atoms with Crippen LogP contribution in [0.3, 0.4) is 0 Å². The maximum absolute atomic E-state index is 12.4. The summed E-state index contributed by atoms with van der Waals surface area (Å²) in [6.07, 6.45) is -1.76. The molecule has 0 spiro atoms. The Hall–Kier alpha value is -3.28. The van der Waals surface area contributed by atoms with Crippen molar-refractivity contribution in [3.63, 3.8) is 0 Å². The molecule has 0 bridgehead atoms.